The number of hydrogen-bond donors (Lipinski definition) is 0. The van der Waals surface area contributed by atoms with Crippen molar-refractivity contribution in [3.63, 3.8) is 0 Å². The second-order valence-electron chi connectivity index (χ2n) is 12.1. The summed E-state index contributed by atoms with van der Waals surface area (Å²) in [5.41, 5.74) is 5.61. The summed E-state index contributed by atoms with van der Waals surface area (Å²) in [6, 6.07) is 7.84. The molecule has 0 spiro atoms. The molecular weight excluding hydrogens is 598 g/mol. The fraction of sp³-hybridized carbons (Fsp3) is 0.421. The molecule has 0 atom stereocenters. The fourth-order valence-electron chi connectivity index (χ4n) is 6.57. The number of hydrogen-bond acceptors (Lipinski definition) is 8. The van der Waals surface area contributed by atoms with Crippen molar-refractivity contribution in [1.29, 1.82) is 0 Å². The van der Waals surface area contributed by atoms with Crippen LogP contribution in [0.25, 0.3) is 22.0 Å². The Morgan fingerprint density at radius 1 is 0.809 bits per heavy atom. The van der Waals surface area contributed by atoms with Crippen LogP contribution < -0.4 is 23.5 Å². The summed E-state index contributed by atoms with van der Waals surface area (Å²) in [7, 11) is 6.48. The molecule has 1 aliphatic carbocycles. The van der Waals surface area contributed by atoms with Crippen molar-refractivity contribution in [3.05, 3.63) is 64.4 Å². The van der Waals surface area contributed by atoms with Gasteiger partial charge in [0.05, 0.1) is 52.4 Å². The lowest BCUT2D eigenvalue weighted by Crippen LogP contribution is -2.41. The minimum absolute atomic E-state index is 0.0141. The van der Waals surface area contributed by atoms with Gasteiger partial charge in [-0.05, 0) is 69.0 Å². The zero-order chi connectivity index (χ0) is 33.7. The lowest BCUT2D eigenvalue weighted by atomic mass is 9.88. The first-order chi connectivity index (χ1) is 22.7. The molecule has 5 rings (SSSR count). The van der Waals surface area contributed by atoms with Crippen molar-refractivity contribution in [2.45, 2.75) is 71.8 Å². The van der Waals surface area contributed by atoms with Crippen molar-refractivity contribution in [2.75, 3.05) is 35.0 Å². The molecule has 0 saturated carbocycles. The summed E-state index contributed by atoms with van der Waals surface area (Å²) in [5.74, 6) is 2.15. The molecule has 0 unspecified atom stereocenters. The maximum Gasteiger partial charge on any atom is 0.310 e. The van der Waals surface area contributed by atoms with Gasteiger partial charge in [0, 0.05) is 34.1 Å². The first kappa shape index (κ1) is 33.7. The topological polar surface area (TPSA) is 101 Å². The Kier molecular flexibility index (Phi) is 10.6. The summed E-state index contributed by atoms with van der Waals surface area (Å²) in [5, 5.41) is 1.75. The molecule has 9 heteroatoms. The number of ether oxygens (including phenoxy) is 5. The van der Waals surface area contributed by atoms with Crippen LogP contribution in [0, 0.1) is 0 Å². The predicted molar refractivity (Wildman–Crippen MR) is 178 cm³/mol. The van der Waals surface area contributed by atoms with Gasteiger partial charge in [-0.2, -0.15) is 4.57 Å². The lowest BCUT2D eigenvalue weighted by Gasteiger charge is -2.22. The van der Waals surface area contributed by atoms with Crippen LogP contribution in [-0.2, 0) is 38.5 Å². The SMILES string of the molecule is COc1cc2c(cc1OC)-c1c(CC(=O)OCCCCCCCC3=CC(=O)C(C)=C(C)C3=O)c3ccc(OC)c(OC)c3c[n+]1CC2. The molecule has 0 saturated heterocycles. The number of aryl methyl sites for hydroxylation is 2. The average molecular weight is 643 g/mol. The van der Waals surface area contributed by atoms with E-state index in [2.05, 4.69) is 10.8 Å². The number of carbonyl (C=O) groups is 3. The molecule has 2 aliphatic rings. The van der Waals surface area contributed by atoms with Gasteiger partial charge in [0.25, 0.3) is 0 Å². The third-order valence-corrected chi connectivity index (χ3v) is 9.30. The number of nitrogens with zero attached hydrogens (tertiary/aromatic N) is 1. The van der Waals surface area contributed by atoms with Crippen LogP contribution in [0.2, 0.25) is 0 Å². The van der Waals surface area contributed by atoms with Crippen LogP contribution >= 0.6 is 0 Å². The first-order valence-corrected chi connectivity index (χ1v) is 16.2. The molecule has 0 fully saturated rings. The van der Waals surface area contributed by atoms with Crippen LogP contribution in [0.4, 0.5) is 0 Å². The molecule has 1 aliphatic heterocycles. The maximum atomic E-state index is 13.4. The van der Waals surface area contributed by atoms with E-state index in [4.69, 9.17) is 23.7 Å². The lowest BCUT2D eigenvalue weighted by molar-refractivity contribution is -0.686. The van der Waals surface area contributed by atoms with Gasteiger partial charge in [-0.1, -0.05) is 19.3 Å². The summed E-state index contributed by atoms with van der Waals surface area (Å²) < 4.78 is 30.5. The third kappa shape index (κ3) is 6.89. The Labute approximate surface area is 276 Å². The highest BCUT2D eigenvalue weighted by molar-refractivity contribution is 6.22. The number of fused-ring (bicyclic) bond motifs is 4. The van der Waals surface area contributed by atoms with Crippen molar-refractivity contribution < 1.29 is 42.6 Å². The number of benzene rings is 2. The van der Waals surface area contributed by atoms with Crippen LogP contribution in [0.5, 0.6) is 23.0 Å². The molecule has 248 valence electrons. The highest BCUT2D eigenvalue weighted by Crippen LogP contribution is 2.42. The van der Waals surface area contributed by atoms with Gasteiger partial charge in [0.2, 0.25) is 5.69 Å². The first-order valence-electron chi connectivity index (χ1n) is 16.2. The Bertz CT molecular complexity index is 1780. The molecule has 0 radical (unpaired) electrons. The van der Waals surface area contributed by atoms with Gasteiger partial charge in [-0.25, -0.2) is 0 Å². The van der Waals surface area contributed by atoms with Crippen molar-refractivity contribution >= 4 is 28.3 Å². The Morgan fingerprint density at radius 3 is 2.23 bits per heavy atom. The largest absolute Gasteiger partial charge is 0.493 e. The molecule has 47 heavy (non-hydrogen) atoms. The van der Waals surface area contributed by atoms with Crippen LogP contribution in [0.1, 0.15) is 63.5 Å². The highest BCUT2D eigenvalue weighted by Gasteiger charge is 2.32. The predicted octanol–water partition coefficient (Wildman–Crippen LogP) is 6.23. The molecule has 2 heterocycles. The third-order valence-electron chi connectivity index (χ3n) is 9.30. The van der Waals surface area contributed by atoms with Gasteiger partial charge in [-0.15, -0.1) is 0 Å². The smallest absolute Gasteiger partial charge is 0.310 e. The monoisotopic (exact) mass is 642 g/mol. The maximum absolute atomic E-state index is 13.4. The van der Waals surface area contributed by atoms with Crippen LogP contribution in [0.3, 0.4) is 0 Å². The minimum atomic E-state index is -0.297. The van der Waals surface area contributed by atoms with E-state index in [0.29, 0.717) is 59.3 Å². The number of carbonyl (C=O) groups excluding carboxylic acids is 3. The number of rotatable bonds is 14. The Morgan fingerprint density at radius 2 is 1.51 bits per heavy atom. The molecule has 9 nitrogen and oxygen atoms in total. The Balaban J connectivity index is 1.27. The molecule has 0 bridgehead atoms. The van der Waals surface area contributed by atoms with Crippen molar-refractivity contribution in [2.24, 2.45) is 0 Å². The molecule has 0 N–H and O–H groups in total. The second-order valence-corrected chi connectivity index (χ2v) is 12.1. The van der Waals surface area contributed by atoms with Crippen LogP contribution in [-0.4, -0.2) is 52.6 Å². The van der Waals surface area contributed by atoms with E-state index in [-0.39, 0.29) is 24.0 Å². The van der Waals surface area contributed by atoms with E-state index in [9.17, 15) is 14.4 Å². The van der Waals surface area contributed by atoms with E-state index in [1.165, 1.54) is 6.08 Å². The number of Topliss-reactive ketones (excluding diaryl/α,β-unsaturated/α-hetero) is 1. The summed E-state index contributed by atoms with van der Waals surface area (Å²) in [6.07, 6.45) is 9.44. The molecule has 1 aromatic heterocycles. The van der Waals surface area contributed by atoms with Gasteiger partial charge in [-0.3, -0.25) is 14.4 Å². The number of allylic oxidation sites excluding steroid dienone is 4. The number of ketones is 2. The van der Waals surface area contributed by atoms with Crippen molar-refractivity contribution in [3.8, 4) is 34.3 Å². The standard InChI is InChI=1S/C38H44NO8/c1-23-24(2)37(42)26(18-31(23)40)12-10-8-7-9-11-17-47-35(41)21-29-27-13-14-32(43-3)38(46-6)30(27)22-39-16-15-25-19-33(44-4)34(45-5)20-28(25)36(29)39/h13-14,18-20,22H,7-12,15-17,21H2,1-6H3/q+1. The van der Waals surface area contributed by atoms with Crippen LogP contribution in [0.15, 0.2) is 53.3 Å². The van der Waals surface area contributed by atoms with E-state index in [1.807, 2.05) is 24.3 Å². The summed E-state index contributed by atoms with van der Waals surface area (Å²) in [4.78, 5) is 37.9. The van der Waals surface area contributed by atoms with E-state index >= 15 is 0 Å². The van der Waals surface area contributed by atoms with Crippen molar-refractivity contribution in [1.82, 2.24) is 0 Å². The zero-order valence-electron chi connectivity index (χ0n) is 28.2. The van der Waals surface area contributed by atoms with Gasteiger partial charge in [0.1, 0.15) is 0 Å². The van der Waals surface area contributed by atoms with E-state index in [0.717, 1.165) is 71.7 Å². The molecule has 2 aromatic carbocycles. The normalized spacial score (nSPS) is 14.0. The summed E-state index contributed by atoms with van der Waals surface area (Å²) >= 11 is 0. The molecular formula is C38H44NO8+. The zero-order valence-corrected chi connectivity index (χ0v) is 28.2. The molecule has 0 amide bonds. The number of esters is 1. The second kappa shape index (κ2) is 14.8. The number of unbranched alkanes of at least 4 members (excludes halogenated alkanes) is 4. The van der Waals surface area contributed by atoms with E-state index in [1.54, 1.807) is 42.3 Å². The number of aromatic nitrogens is 1. The number of pyridine rings is 1. The quantitative estimate of drug-likeness (QED) is 0.0884. The fourth-order valence-corrected chi connectivity index (χ4v) is 6.57. The van der Waals surface area contributed by atoms with Gasteiger partial charge < -0.3 is 23.7 Å². The van der Waals surface area contributed by atoms with E-state index < -0.39 is 0 Å². The Hall–Kier alpha value is -4.66. The van der Waals surface area contributed by atoms with Gasteiger partial charge in [0.15, 0.2) is 47.3 Å². The average Bonchev–Trinajstić information content (AvgIpc) is 3.08. The number of methoxy groups -OCH3 is 4. The minimum Gasteiger partial charge on any atom is -0.493 e. The van der Waals surface area contributed by atoms with Gasteiger partial charge >= 0.3 is 5.97 Å². The highest BCUT2D eigenvalue weighted by atomic mass is 16.5. The molecule has 3 aromatic rings. The summed E-state index contributed by atoms with van der Waals surface area (Å²) in [6.45, 7) is 4.47.